The third-order valence-corrected chi connectivity index (χ3v) is 11.4. The van der Waals surface area contributed by atoms with Gasteiger partial charge in [0.2, 0.25) is 11.8 Å². The van der Waals surface area contributed by atoms with Gasteiger partial charge in [-0.25, -0.2) is 9.37 Å². The van der Waals surface area contributed by atoms with Gasteiger partial charge < -0.3 is 34.9 Å². The first-order valence-electron chi connectivity index (χ1n) is 19.3. The van der Waals surface area contributed by atoms with Crippen molar-refractivity contribution in [3.05, 3.63) is 51.7 Å². The van der Waals surface area contributed by atoms with Crippen LogP contribution in [0, 0.1) is 23.6 Å². The lowest BCUT2D eigenvalue weighted by Gasteiger charge is -2.40. The molecule has 3 amide bonds. The zero-order valence-corrected chi connectivity index (χ0v) is 34.5. The number of halogens is 1. The first-order chi connectivity index (χ1) is 26.2. The van der Waals surface area contributed by atoms with Crippen LogP contribution < -0.4 is 10.6 Å². The average molecular weight is 792 g/mol. The van der Waals surface area contributed by atoms with Gasteiger partial charge in [0, 0.05) is 44.6 Å². The molecule has 0 bridgehead atoms. The molecule has 0 spiro atoms. The average Bonchev–Trinajstić information content (AvgIpc) is 3.65. The van der Waals surface area contributed by atoms with Crippen LogP contribution in [0.15, 0.2) is 29.6 Å². The number of ether oxygens (including phenoxy) is 3. The van der Waals surface area contributed by atoms with E-state index >= 15 is 0 Å². The molecular formula is C40H62FN5O8S. The third kappa shape index (κ3) is 13.9. The van der Waals surface area contributed by atoms with E-state index in [1.807, 2.05) is 34.7 Å². The largest absolute Gasteiger partial charge is 0.481 e. The Morgan fingerprint density at radius 1 is 1.05 bits per heavy atom. The number of hydrogen-bond acceptors (Lipinski definition) is 10. The van der Waals surface area contributed by atoms with Crippen molar-refractivity contribution in [2.75, 3.05) is 47.8 Å². The molecule has 55 heavy (non-hydrogen) atoms. The molecular weight excluding hydrogens is 730 g/mol. The number of carboxylic acids is 1. The summed E-state index contributed by atoms with van der Waals surface area (Å²) in [5.74, 6) is -3.09. The predicted octanol–water partition coefficient (Wildman–Crippen LogP) is 5.30. The number of methoxy groups -OCH3 is 2. The van der Waals surface area contributed by atoms with Crippen molar-refractivity contribution >= 4 is 35.0 Å². The summed E-state index contributed by atoms with van der Waals surface area (Å²) in [5, 5.41) is 17.8. The lowest BCUT2D eigenvalue weighted by Crippen LogP contribution is -2.59. The van der Waals surface area contributed by atoms with Gasteiger partial charge in [-0.1, -0.05) is 59.6 Å². The van der Waals surface area contributed by atoms with Crippen molar-refractivity contribution in [3.63, 3.8) is 0 Å². The lowest BCUT2D eigenvalue weighted by atomic mass is 9.92. The number of amides is 3. The summed E-state index contributed by atoms with van der Waals surface area (Å²) >= 11 is 1.24. The van der Waals surface area contributed by atoms with Crippen LogP contribution in [0.4, 0.5) is 4.39 Å². The van der Waals surface area contributed by atoms with E-state index in [2.05, 4.69) is 20.5 Å². The van der Waals surface area contributed by atoms with Crippen LogP contribution in [0.25, 0.3) is 0 Å². The molecule has 2 aromatic rings. The quantitative estimate of drug-likeness (QED) is 0.126. The molecule has 0 radical (unpaired) electrons. The lowest BCUT2D eigenvalue weighted by molar-refractivity contribution is -0.144. The standard InChI is InChI=1S/C40H62FN5O8S/c1-9-26(4)35(44-37(48)32-12-10-11-17-45(32)6)39(49)46(18-19-52-7)33(25(2)3)22-34(54-24-53-8)38-43-31(23-55-38)36(47)42-30(20-27(5)40(50)51)21-28-13-15-29(41)16-14-28/h13-16,23,25-27,30,32-35H,9-12,17-22,24H2,1-8H3,(H,42,47)(H,44,48)(H,50,51)/t26-,27-,30+,32+,33+,34+,35-/m0/s1. The number of carbonyl (C=O) groups is 4. The van der Waals surface area contributed by atoms with E-state index in [1.165, 1.54) is 30.6 Å². The SMILES string of the molecule is CC[C@H](C)[C@H](NC(=O)[C@H]1CCCCN1C)C(=O)N(CCOC)[C@H](C[C@@H](OCOC)c1nc(C(=O)N[C@@H](Cc2ccc(F)cc2)C[C@H](C)C(=O)O)cs1)C(C)C. The van der Waals surface area contributed by atoms with Crippen molar-refractivity contribution in [1.29, 1.82) is 0 Å². The molecule has 15 heteroatoms. The fourth-order valence-electron chi connectivity index (χ4n) is 6.94. The van der Waals surface area contributed by atoms with Gasteiger partial charge >= 0.3 is 5.97 Å². The number of likely N-dealkylation sites (tertiary alicyclic amines) is 1. The zero-order chi connectivity index (χ0) is 40.7. The van der Waals surface area contributed by atoms with Crippen LogP contribution in [-0.2, 0) is 35.0 Å². The number of carboxylic acid groups (broad SMARTS) is 1. The van der Waals surface area contributed by atoms with Crippen LogP contribution in [0.3, 0.4) is 0 Å². The Labute approximate surface area is 329 Å². The highest BCUT2D eigenvalue weighted by Gasteiger charge is 2.38. The first-order valence-corrected chi connectivity index (χ1v) is 20.2. The fourth-order valence-corrected chi connectivity index (χ4v) is 7.80. The molecule has 0 saturated carbocycles. The summed E-state index contributed by atoms with van der Waals surface area (Å²) in [4.78, 5) is 62.1. The maximum absolute atomic E-state index is 14.6. The Balaban J connectivity index is 1.89. The van der Waals surface area contributed by atoms with E-state index in [9.17, 15) is 28.7 Å². The predicted molar refractivity (Wildman–Crippen MR) is 209 cm³/mol. The molecule has 1 aromatic heterocycles. The fraction of sp³-hybridized carbons (Fsp3) is 0.675. The van der Waals surface area contributed by atoms with E-state index in [4.69, 9.17) is 14.2 Å². The maximum atomic E-state index is 14.6. The van der Waals surface area contributed by atoms with E-state index in [1.54, 1.807) is 36.4 Å². The number of benzene rings is 1. The van der Waals surface area contributed by atoms with E-state index in [0.717, 1.165) is 31.4 Å². The minimum atomic E-state index is -0.986. The Bertz CT molecular complexity index is 1510. The Hall–Kier alpha value is -3.50. The van der Waals surface area contributed by atoms with Crippen LogP contribution in [0.5, 0.6) is 0 Å². The first kappa shape index (κ1) is 45.9. The third-order valence-electron chi connectivity index (χ3n) is 10.5. The van der Waals surface area contributed by atoms with Crippen molar-refractivity contribution in [1.82, 2.24) is 25.4 Å². The van der Waals surface area contributed by atoms with Gasteiger partial charge in [-0.2, -0.15) is 0 Å². The summed E-state index contributed by atoms with van der Waals surface area (Å²) in [6.45, 7) is 11.0. The molecule has 1 fully saturated rings. The minimum Gasteiger partial charge on any atom is -0.481 e. The van der Waals surface area contributed by atoms with Gasteiger partial charge in [0.25, 0.3) is 5.91 Å². The maximum Gasteiger partial charge on any atom is 0.306 e. The van der Waals surface area contributed by atoms with Gasteiger partial charge in [-0.15, -0.1) is 11.3 Å². The summed E-state index contributed by atoms with van der Waals surface area (Å²) in [6.07, 6.45) is 3.55. The summed E-state index contributed by atoms with van der Waals surface area (Å²) in [7, 11) is 5.04. The Morgan fingerprint density at radius 3 is 2.36 bits per heavy atom. The number of rotatable bonds is 23. The Kier molecular flexibility index (Phi) is 19.1. The van der Waals surface area contributed by atoms with Crippen LogP contribution in [0.1, 0.15) is 100 Å². The summed E-state index contributed by atoms with van der Waals surface area (Å²) < 4.78 is 30.5. The second kappa shape index (κ2) is 22.9. The van der Waals surface area contributed by atoms with Gasteiger partial charge in [-0.05, 0) is 68.8 Å². The molecule has 1 aliphatic heterocycles. The normalized spacial score (nSPS) is 18.2. The monoisotopic (exact) mass is 791 g/mol. The molecule has 1 saturated heterocycles. The summed E-state index contributed by atoms with van der Waals surface area (Å²) in [5.41, 5.74) is 0.888. The van der Waals surface area contributed by atoms with Crippen molar-refractivity contribution in [2.45, 2.75) is 110 Å². The molecule has 3 rings (SSSR count). The molecule has 2 heterocycles. The summed E-state index contributed by atoms with van der Waals surface area (Å²) in [6, 6.07) is 3.91. The molecule has 308 valence electrons. The highest BCUT2D eigenvalue weighted by molar-refractivity contribution is 7.09. The van der Waals surface area contributed by atoms with Gasteiger partial charge in [0.15, 0.2) is 0 Å². The van der Waals surface area contributed by atoms with E-state index in [0.29, 0.717) is 24.3 Å². The van der Waals surface area contributed by atoms with E-state index < -0.39 is 36.0 Å². The van der Waals surface area contributed by atoms with Crippen LogP contribution >= 0.6 is 11.3 Å². The minimum absolute atomic E-state index is 0.0432. The smallest absolute Gasteiger partial charge is 0.306 e. The second-order valence-corrected chi connectivity index (χ2v) is 15.9. The number of thiazole rings is 1. The molecule has 3 N–H and O–H groups in total. The molecule has 1 aromatic carbocycles. The number of hydrogen-bond donors (Lipinski definition) is 3. The molecule has 0 unspecified atom stereocenters. The molecule has 7 atom stereocenters. The number of piperidine rings is 1. The second-order valence-electron chi connectivity index (χ2n) is 15.0. The molecule has 0 aliphatic carbocycles. The van der Waals surface area contributed by atoms with Crippen molar-refractivity contribution in [3.8, 4) is 0 Å². The van der Waals surface area contributed by atoms with Gasteiger partial charge in [0.1, 0.15) is 35.5 Å². The highest BCUT2D eigenvalue weighted by atomic mass is 32.1. The van der Waals surface area contributed by atoms with Gasteiger partial charge in [0.05, 0.1) is 18.6 Å². The van der Waals surface area contributed by atoms with Crippen molar-refractivity contribution in [2.24, 2.45) is 17.8 Å². The molecule has 1 aliphatic rings. The number of nitrogens with zero attached hydrogens (tertiary/aromatic N) is 3. The number of aromatic nitrogens is 1. The highest BCUT2D eigenvalue weighted by Crippen LogP contribution is 2.31. The zero-order valence-electron chi connectivity index (χ0n) is 33.7. The van der Waals surface area contributed by atoms with E-state index in [-0.39, 0.29) is 73.6 Å². The van der Waals surface area contributed by atoms with Gasteiger partial charge in [-0.3, -0.25) is 24.1 Å². The number of carbonyl (C=O) groups excluding carboxylic acids is 3. The van der Waals surface area contributed by atoms with Crippen LogP contribution in [0.2, 0.25) is 0 Å². The Morgan fingerprint density at radius 2 is 1.76 bits per heavy atom. The topological polar surface area (TPSA) is 160 Å². The number of aliphatic carboxylic acids is 1. The van der Waals surface area contributed by atoms with Crippen LogP contribution in [-0.4, -0.2) is 116 Å². The number of nitrogens with one attached hydrogen (secondary N) is 2. The molecule has 13 nitrogen and oxygen atoms in total. The van der Waals surface area contributed by atoms with Crippen molar-refractivity contribution < 1.29 is 42.9 Å². The number of likely N-dealkylation sites (N-methyl/N-ethyl adjacent to an activating group) is 1.